The van der Waals surface area contributed by atoms with E-state index in [1.165, 1.54) is 4.90 Å². The van der Waals surface area contributed by atoms with Gasteiger partial charge in [-0.1, -0.05) is 24.3 Å². The number of benzene rings is 2. The minimum Gasteiger partial charge on any atom is -0.497 e. The molecule has 0 radical (unpaired) electrons. The molecule has 0 heterocycles. The van der Waals surface area contributed by atoms with Gasteiger partial charge in [-0.2, -0.15) is 0 Å². The molecular formula is C15H16BrNOS. The topological polar surface area (TPSA) is 35.2 Å². The van der Waals surface area contributed by atoms with Crippen LogP contribution >= 0.6 is 27.7 Å². The molecule has 4 heteroatoms. The van der Waals surface area contributed by atoms with Crippen LogP contribution in [0.1, 0.15) is 11.6 Å². The summed E-state index contributed by atoms with van der Waals surface area (Å²) in [6.45, 7) is 0. The van der Waals surface area contributed by atoms with E-state index in [9.17, 15) is 0 Å². The Morgan fingerprint density at radius 3 is 2.74 bits per heavy atom. The monoisotopic (exact) mass is 337 g/mol. The van der Waals surface area contributed by atoms with Crippen LogP contribution in [0.25, 0.3) is 0 Å². The zero-order valence-corrected chi connectivity index (χ0v) is 13.1. The van der Waals surface area contributed by atoms with Crippen molar-refractivity contribution in [3.8, 4) is 5.75 Å². The molecule has 2 N–H and O–H groups in total. The molecule has 0 fully saturated rings. The molecule has 100 valence electrons. The first-order valence-electron chi connectivity index (χ1n) is 5.97. The number of hydrogen-bond acceptors (Lipinski definition) is 3. The van der Waals surface area contributed by atoms with Gasteiger partial charge in [-0.05, 0) is 45.8 Å². The summed E-state index contributed by atoms with van der Waals surface area (Å²) >= 11 is 5.29. The summed E-state index contributed by atoms with van der Waals surface area (Å²) in [6.07, 6.45) is 0. The van der Waals surface area contributed by atoms with Crippen molar-refractivity contribution in [2.45, 2.75) is 10.9 Å². The van der Waals surface area contributed by atoms with Crippen LogP contribution in [0.3, 0.4) is 0 Å². The lowest BCUT2D eigenvalue weighted by Gasteiger charge is -2.13. The van der Waals surface area contributed by atoms with Crippen LogP contribution in [0, 0.1) is 0 Å². The predicted octanol–water partition coefficient (Wildman–Crippen LogP) is 4.25. The van der Waals surface area contributed by atoms with Crippen LogP contribution in [-0.2, 0) is 0 Å². The molecule has 2 aromatic carbocycles. The molecule has 0 saturated carbocycles. The highest BCUT2D eigenvalue weighted by Gasteiger charge is 2.08. The van der Waals surface area contributed by atoms with Crippen LogP contribution in [0.4, 0.5) is 0 Å². The maximum absolute atomic E-state index is 6.22. The van der Waals surface area contributed by atoms with E-state index in [1.54, 1.807) is 18.9 Å². The van der Waals surface area contributed by atoms with Gasteiger partial charge in [0.25, 0.3) is 0 Å². The summed E-state index contributed by atoms with van der Waals surface area (Å²) in [5.74, 6) is 1.68. The SMILES string of the molecule is COc1cccc(C(N)CSc2ccccc2Br)c1. The standard InChI is InChI=1S/C15H16BrNOS/c1-18-12-6-4-5-11(9-12)14(17)10-19-15-8-3-2-7-13(15)16/h2-9,14H,10,17H2,1H3. The van der Waals surface area contributed by atoms with Crippen molar-refractivity contribution in [2.75, 3.05) is 12.9 Å². The van der Waals surface area contributed by atoms with Crippen LogP contribution in [-0.4, -0.2) is 12.9 Å². The van der Waals surface area contributed by atoms with Gasteiger partial charge in [0, 0.05) is 21.2 Å². The summed E-state index contributed by atoms with van der Waals surface area (Å²) in [6, 6.07) is 16.1. The average Bonchev–Trinajstić information content (AvgIpc) is 2.46. The number of nitrogens with two attached hydrogens (primary N) is 1. The van der Waals surface area contributed by atoms with Crippen molar-refractivity contribution < 1.29 is 4.74 Å². The number of ether oxygens (including phenoxy) is 1. The Bertz CT molecular complexity index is 547. The summed E-state index contributed by atoms with van der Waals surface area (Å²) in [4.78, 5) is 1.21. The van der Waals surface area contributed by atoms with Gasteiger partial charge in [-0.3, -0.25) is 0 Å². The number of methoxy groups -OCH3 is 1. The molecule has 0 aliphatic carbocycles. The van der Waals surface area contributed by atoms with Crippen molar-refractivity contribution in [2.24, 2.45) is 5.73 Å². The van der Waals surface area contributed by atoms with Crippen molar-refractivity contribution in [1.82, 2.24) is 0 Å². The second-order valence-electron chi connectivity index (χ2n) is 4.12. The fraction of sp³-hybridized carbons (Fsp3) is 0.200. The fourth-order valence-electron chi connectivity index (χ4n) is 1.71. The second kappa shape index (κ2) is 6.98. The molecule has 2 aromatic rings. The van der Waals surface area contributed by atoms with Gasteiger partial charge in [0.2, 0.25) is 0 Å². The molecule has 0 spiro atoms. The van der Waals surface area contributed by atoms with Crippen LogP contribution in [0.15, 0.2) is 57.9 Å². The highest BCUT2D eigenvalue weighted by Crippen LogP contribution is 2.30. The minimum absolute atomic E-state index is 0.00722. The molecule has 0 bridgehead atoms. The van der Waals surface area contributed by atoms with E-state index in [-0.39, 0.29) is 6.04 Å². The van der Waals surface area contributed by atoms with Gasteiger partial charge in [0.05, 0.1) is 7.11 Å². The summed E-state index contributed by atoms with van der Waals surface area (Å²) < 4.78 is 6.33. The molecule has 1 unspecified atom stereocenters. The lowest BCUT2D eigenvalue weighted by molar-refractivity contribution is 0.414. The van der Waals surface area contributed by atoms with Crippen LogP contribution < -0.4 is 10.5 Å². The third kappa shape index (κ3) is 4.00. The first kappa shape index (κ1) is 14.4. The largest absolute Gasteiger partial charge is 0.497 e. The van der Waals surface area contributed by atoms with E-state index in [0.29, 0.717) is 0 Å². The zero-order chi connectivity index (χ0) is 13.7. The average molecular weight is 338 g/mol. The van der Waals surface area contributed by atoms with E-state index in [4.69, 9.17) is 10.5 Å². The Hall–Kier alpha value is -0.970. The number of thioether (sulfide) groups is 1. The third-order valence-electron chi connectivity index (χ3n) is 2.78. The Balaban J connectivity index is 2.01. The van der Waals surface area contributed by atoms with E-state index < -0.39 is 0 Å². The number of hydrogen-bond donors (Lipinski definition) is 1. The molecule has 1 atom stereocenters. The van der Waals surface area contributed by atoms with Gasteiger partial charge in [0.15, 0.2) is 0 Å². The highest BCUT2D eigenvalue weighted by molar-refractivity contribution is 9.10. The molecule has 0 aliphatic rings. The molecule has 19 heavy (non-hydrogen) atoms. The lowest BCUT2D eigenvalue weighted by atomic mass is 10.1. The minimum atomic E-state index is -0.00722. The summed E-state index contributed by atoms with van der Waals surface area (Å²) in [5.41, 5.74) is 7.32. The Kier molecular flexibility index (Phi) is 5.31. The normalized spacial score (nSPS) is 12.2. The highest BCUT2D eigenvalue weighted by atomic mass is 79.9. The first-order chi connectivity index (χ1) is 9.20. The van der Waals surface area contributed by atoms with Gasteiger partial charge in [-0.15, -0.1) is 11.8 Å². The van der Waals surface area contributed by atoms with Crippen molar-refractivity contribution >= 4 is 27.7 Å². The van der Waals surface area contributed by atoms with Gasteiger partial charge in [0.1, 0.15) is 5.75 Å². The number of halogens is 1. The number of rotatable bonds is 5. The lowest BCUT2D eigenvalue weighted by Crippen LogP contribution is -2.12. The van der Waals surface area contributed by atoms with Gasteiger partial charge >= 0.3 is 0 Å². The van der Waals surface area contributed by atoms with Crippen LogP contribution in [0.5, 0.6) is 5.75 Å². The predicted molar refractivity (Wildman–Crippen MR) is 84.8 cm³/mol. The molecule has 0 saturated heterocycles. The first-order valence-corrected chi connectivity index (χ1v) is 7.75. The van der Waals surface area contributed by atoms with Crippen molar-refractivity contribution in [3.63, 3.8) is 0 Å². The molecular weight excluding hydrogens is 322 g/mol. The molecule has 2 rings (SSSR count). The van der Waals surface area contributed by atoms with E-state index in [2.05, 4.69) is 22.0 Å². The second-order valence-corrected chi connectivity index (χ2v) is 6.04. The maximum Gasteiger partial charge on any atom is 0.119 e. The summed E-state index contributed by atoms with van der Waals surface area (Å²) in [5, 5.41) is 0. The van der Waals surface area contributed by atoms with E-state index in [0.717, 1.165) is 21.5 Å². The molecule has 2 nitrogen and oxygen atoms in total. The molecule has 0 aromatic heterocycles. The zero-order valence-electron chi connectivity index (χ0n) is 10.7. The fourth-order valence-corrected chi connectivity index (χ4v) is 3.27. The Morgan fingerprint density at radius 1 is 1.21 bits per heavy atom. The molecule has 0 aliphatic heterocycles. The Morgan fingerprint density at radius 2 is 2.00 bits per heavy atom. The van der Waals surface area contributed by atoms with Crippen molar-refractivity contribution in [3.05, 3.63) is 58.6 Å². The summed E-state index contributed by atoms with van der Waals surface area (Å²) in [7, 11) is 1.67. The maximum atomic E-state index is 6.22. The Labute approximate surface area is 126 Å². The van der Waals surface area contributed by atoms with Gasteiger partial charge in [-0.25, -0.2) is 0 Å². The van der Waals surface area contributed by atoms with Gasteiger partial charge < -0.3 is 10.5 Å². The smallest absolute Gasteiger partial charge is 0.119 e. The van der Waals surface area contributed by atoms with Crippen molar-refractivity contribution in [1.29, 1.82) is 0 Å². The van der Waals surface area contributed by atoms with Crippen LogP contribution in [0.2, 0.25) is 0 Å². The van der Waals surface area contributed by atoms with E-state index >= 15 is 0 Å². The van der Waals surface area contributed by atoms with E-state index in [1.807, 2.05) is 42.5 Å². The quantitative estimate of drug-likeness (QED) is 0.828. The third-order valence-corrected chi connectivity index (χ3v) is 4.92. The molecule has 0 amide bonds.